The van der Waals surface area contributed by atoms with Gasteiger partial charge in [-0.05, 0) is 30.7 Å². The van der Waals surface area contributed by atoms with Gasteiger partial charge in [0, 0.05) is 29.1 Å². The smallest absolute Gasteiger partial charge is 0.329 e. The van der Waals surface area contributed by atoms with Crippen LogP contribution in [-0.4, -0.2) is 38.2 Å². The molecule has 3 aromatic rings. The van der Waals surface area contributed by atoms with Crippen LogP contribution in [0.3, 0.4) is 0 Å². The number of benzene rings is 2. The second kappa shape index (κ2) is 11.0. The van der Waals surface area contributed by atoms with E-state index in [1.54, 1.807) is 26.2 Å². The molecule has 0 fully saturated rings. The fourth-order valence-electron chi connectivity index (χ4n) is 4.26. The first kappa shape index (κ1) is 26.8. The average molecular weight is 521 g/mol. The highest BCUT2D eigenvalue weighted by molar-refractivity contribution is 6.45. The molecule has 1 aliphatic heterocycles. The zero-order valence-electron chi connectivity index (χ0n) is 21.3. The van der Waals surface area contributed by atoms with Crippen LogP contribution in [0, 0.1) is 22.9 Å². The van der Waals surface area contributed by atoms with Gasteiger partial charge in [0.15, 0.2) is 23.1 Å². The molecule has 0 saturated heterocycles. The van der Waals surface area contributed by atoms with Crippen molar-refractivity contribution < 1.29 is 27.4 Å². The van der Waals surface area contributed by atoms with E-state index >= 15 is 8.78 Å². The number of rotatable bonds is 8. The molecule has 195 valence electrons. The van der Waals surface area contributed by atoms with Crippen molar-refractivity contribution in [3.05, 3.63) is 82.8 Å². The van der Waals surface area contributed by atoms with Gasteiger partial charge in [0.25, 0.3) is 0 Å². The Labute approximate surface area is 219 Å². The molecule has 0 spiro atoms. The number of anilines is 2. The first-order valence-corrected chi connectivity index (χ1v) is 11.7. The van der Waals surface area contributed by atoms with E-state index in [0.717, 1.165) is 11.0 Å². The summed E-state index contributed by atoms with van der Waals surface area (Å²) in [6.07, 6.45) is 1.52. The number of pyridine rings is 1. The molecule has 2 heterocycles. The lowest BCUT2D eigenvalue weighted by atomic mass is 9.79. The van der Waals surface area contributed by atoms with E-state index in [0.29, 0.717) is 28.1 Å². The van der Waals surface area contributed by atoms with Crippen molar-refractivity contribution in [1.82, 2.24) is 4.98 Å². The quantitative estimate of drug-likeness (QED) is 0.301. The van der Waals surface area contributed by atoms with Crippen molar-refractivity contribution in [1.29, 1.82) is 5.41 Å². The Morgan fingerprint density at radius 1 is 1.11 bits per heavy atom. The number of urea groups is 1. The Morgan fingerprint density at radius 3 is 2.29 bits per heavy atom. The van der Waals surface area contributed by atoms with Gasteiger partial charge in [0.05, 0.1) is 38.7 Å². The van der Waals surface area contributed by atoms with Gasteiger partial charge in [-0.25, -0.2) is 18.0 Å². The molecule has 0 unspecified atom stereocenters. The molecule has 0 bridgehead atoms. The van der Waals surface area contributed by atoms with Crippen LogP contribution >= 0.6 is 0 Å². The number of carbonyl (C=O) groups is 1. The zero-order valence-corrected chi connectivity index (χ0v) is 21.3. The number of carbonyl (C=O) groups excluding carboxylic acids is 1. The highest BCUT2D eigenvalue weighted by atomic mass is 19.1. The number of nitrogens with one attached hydrogen (secondary N) is 1. The van der Waals surface area contributed by atoms with Crippen LogP contribution in [-0.2, 0) is 13.1 Å². The van der Waals surface area contributed by atoms with Crippen molar-refractivity contribution in [3.8, 4) is 11.5 Å². The molecule has 11 heteroatoms. The van der Waals surface area contributed by atoms with Crippen molar-refractivity contribution in [3.63, 3.8) is 0 Å². The number of hydrogen-bond acceptors (Lipinski definition) is 5. The third-order valence-corrected chi connectivity index (χ3v) is 6.13. The number of amides is 2. The van der Waals surface area contributed by atoms with Gasteiger partial charge in [-0.15, -0.1) is 5.98 Å². The molecular weight excluding hydrogens is 496 g/mol. The minimum atomic E-state index is -1.06. The van der Waals surface area contributed by atoms with E-state index in [-0.39, 0.29) is 30.3 Å². The average Bonchev–Trinajstić information content (AvgIpc) is 2.90. The molecule has 2 aromatic carbocycles. The lowest BCUT2D eigenvalue weighted by Crippen LogP contribution is -2.47. The molecule has 4 rings (SSSR count). The summed E-state index contributed by atoms with van der Waals surface area (Å²) in [6.45, 7) is 3.24. The van der Waals surface area contributed by atoms with Crippen molar-refractivity contribution in [2.24, 2.45) is 0 Å². The minimum Gasteiger partial charge on any atom is -0.493 e. The Hall–Kier alpha value is -4.28. The van der Waals surface area contributed by atoms with Gasteiger partial charge in [-0.1, -0.05) is 19.0 Å². The number of fused-ring (bicyclic) bond motifs is 1. The molecular formula is C27H25BF3N4O3. The Kier molecular flexibility index (Phi) is 7.75. The summed E-state index contributed by atoms with van der Waals surface area (Å²) < 4.78 is 54.5. The number of ether oxygens (including phenoxy) is 2. The standard InChI is InChI=1S/C27H25BF3N4O3/c1-15(32)19(11-28-2)20-9-21-17(12-33-20)14-35(26-24(30)22(37-3)10-23(38-4)25(26)31)27(36)34(21)13-16-5-7-18(29)8-6-16/h5-12,32H,13-14H2,1-4H3/b19-11+,32-15?. The topological polar surface area (TPSA) is 78.8 Å². The number of hydrogen-bond donors (Lipinski definition) is 1. The highest BCUT2D eigenvalue weighted by Crippen LogP contribution is 2.41. The lowest BCUT2D eigenvalue weighted by Gasteiger charge is -2.37. The highest BCUT2D eigenvalue weighted by Gasteiger charge is 2.37. The van der Waals surface area contributed by atoms with Crippen LogP contribution in [0.4, 0.5) is 29.3 Å². The van der Waals surface area contributed by atoms with Gasteiger partial charge >= 0.3 is 6.03 Å². The van der Waals surface area contributed by atoms with Crippen LogP contribution in [0.5, 0.6) is 11.5 Å². The molecule has 2 amide bonds. The predicted molar refractivity (Wildman–Crippen MR) is 141 cm³/mol. The van der Waals surface area contributed by atoms with E-state index in [2.05, 4.69) is 4.98 Å². The van der Waals surface area contributed by atoms with Crippen molar-refractivity contribution in [2.75, 3.05) is 24.0 Å². The number of aromatic nitrogens is 1. The Balaban J connectivity index is 1.89. The van der Waals surface area contributed by atoms with E-state index in [9.17, 15) is 9.18 Å². The van der Waals surface area contributed by atoms with E-state index in [1.807, 2.05) is 6.82 Å². The monoisotopic (exact) mass is 521 g/mol. The summed E-state index contributed by atoms with van der Waals surface area (Å²) in [4.78, 5) is 20.7. The molecule has 1 N–H and O–H groups in total. The fourth-order valence-corrected chi connectivity index (χ4v) is 4.26. The van der Waals surface area contributed by atoms with E-state index < -0.39 is 29.2 Å². The summed E-state index contributed by atoms with van der Waals surface area (Å²) in [7, 11) is 4.23. The van der Waals surface area contributed by atoms with E-state index in [1.165, 1.54) is 49.6 Å². The lowest BCUT2D eigenvalue weighted by molar-refractivity contribution is 0.249. The van der Waals surface area contributed by atoms with Gasteiger partial charge in [0.2, 0.25) is 0 Å². The molecule has 0 saturated carbocycles. The summed E-state index contributed by atoms with van der Waals surface area (Å²) in [5.74, 6) is -1.39. The van der Waals surface area contributed by atoms with Gasteiger partial charge < -0.3 is 14.9 Å². The van der Waals surface area contributed by atoms with Gasteiger partial charge in [-0.3, -0.25) is 14.8 Å². The predicted octanol–water partition coefficient (Wildman–Crippen LogP) is 5.80. The van der Waals surface area contributed by atoms with E-state index in [4.69, 9.17) is 14.9 Å². The van der Waals surface area contributed by atoms with Crippen LogP contribution in [0.25, 0.3) is 5.57 Å². The maximum atomic E-state index is 15.4. The van der Waals surface area contributed by atoms with Gasteiger partial charge in [0.1, 0.15) is 18.8 Å². The second-order valence-electron chi connectivity index (χ2n) is 8.58. The SMILES string of the molecule is C[B]/C=C(\C(C)=N)c1cc2c(cn1)CN(c1c(F)c(OC)cc(OC)c1F)C(=O)N2Cc1ccc(F)cc1. The van der Waals surface area contributed by atoms with Crippen LogP contribution in [0.2, 0.25) is 6.82 Å². The summed E-state index contributed by atoms with van der Waals surface area (Å²) >= 11 is 0. The number of nitrogens with zero attached hydrogens (tertiary/aromatic N) is 3. The third kappa shape index (κ3) is 4.96. The molecule has 1 aliphatic rings. The molecule has 38 heavy (non-hydrogen) atoms. The number of allylic oxidation sites excluding steroid dienone is 1. The number of methoxy groups -OCH3 is 2. The first-order valence-electron chi connectivity index (χ1n) is 11.7. The second-order valence-corrected chi connectivity index (χ2v) is 8.58. The first-order chi connectivity index (χ1) is 18.2. The third-order valence-electron chi connectivity index (χ3n) is 6.13. The van der Waals surface area contributed by atoms with Crippen LogP contribution < -0.4 is 19.3 Å². The van der Waals surface area contributed by atoms with Crippen LogP contribution in [0.1, 0.15) is 23.7 Å². The summed E-state index contributed by atoms with van der Waals surface area (Å²) in [6, 6.07) is 7.60. The summed E-state index contributed by atoms with van der Waals surface area (Å²) in [5, 5.41) is 8.13. The van der Waals surface area contributed by atoms with Gasteiger partial charge in [-0.2, -0.15) is 0 Å². The Bertz CT molecular complexity index is 1400. The summed E-state index contributed by atoms with van der Waals surface area (Å²) in [5.41, 5.74) is 2.23. The van der Waals surface area contributed by atoms with Crippen LogP contribution in [0.15, 0.2) is 48.6 Å². The normalized spacial score (nSPS) is 13.3. The zero-order chi connectivity index (χ0) is 27.6. The molecule has 1 aromatic heterocycles. The van der Waals surface area contributed by atoms with Crippen molar-refractivity contribution >= 4 is 36.0 Å². The largest absolute Gasteiger partial charge is 0.493 e. The van der Waals surface area contributed by atoms with Crippen molar-refractivity contribution in [2.45, 2.75) is 26.8 Å². The maximum absolute atomic E-state index is 15.4. The fraction of sp³-hybridized carbons (Fsp3) is 0.222. The minimum absolute atomic E-state index is 0.0150. The maximum Gasteiger partial charge on any atom is 0.329 e. The molecule has 7 nitrogen and oxygen atoms in total. The molecule has 0 atom stereocenters. The molecule has 0 aliphatic carbocycles. The Morgan fingerprint density at radius 2 is 1.74 bits per heavy atom. The molecule has 1 radical (unpaired) electrons. The number of halogens is 3.